The second-order valence-corrected chi connectivity index (χ2v) is 5.07. The van der Waals surface area contributed by atoms with Gasteiger partial charge in [-0.1, -0.05) is 6.07 Å². The maximum absolute atomic E-state index is 5.77. The molecule has 0 bridgehead atoms. The molecule has 2 aromatic rings. The number of pyridine rings is 1. The second-order valence-electron chi connectivity index (χ2n) is 4.69. The zero-order valence-corrected chi connectivity index (χ0v) is 11.6. The zero-order valence-electron chi connectivity index (χ0n) is 10.8. The van der Waals surface area contributed by atoms with Crippen LogP contribution >= 0.6 is 12.2 Å². The smallest absolute Gasteiger partial charge is 0.170 e. The van der Waals surface area contributed by atoms with Gasteiger partial charge in [-0.2, -0.15) is 0 Å². The summed E-state index contributed by atoms with van der Waals surface area (Å²) < 4.78 is 5.77. The van der Waals surface area contributed by atoms with E-state index in [-0.39, 0.29) is 12.1 Å². The van der Waals surface area contributed by atoms with Crippen LogP contribution < -0.4 is 5.32 Å². The number of thiocarbonyl (C=S) groups is 1. The average molecular weight is 273 g/mol. The number of furan rings is 1. The van der Waals surface area contributed by atoms with Gasteiger partial charge < -0.3 is 14.6 Å². The summed E-state index contributed by atoms with van der Waals surface area (Å²) >= 11 is 5.35. The molecule has 1 N–H and O–H groups in total. The SMILES string of the molecule is Cc1ccc([C@H]2[C@H](c3ccccn3)NC(=S)N2C)o1. The van der Waals surface area contributed by atoms with E-state index in [2.05, 4.69) is 10.3 Å². The number of aryl methyl sites for hydroxylation is 1. The zero-order chi connectivity index (χ0) is 13.4. The van der Waals surface area contributed by atoms with E-state index in [1.807, 2.05) is 49.2 Å². The van der Waals surface area contributed by atoms with Crippen LogP contribution in [0.25, 0.3) is 0 Å². The maximum Gasteiger partial charge on any atom is 0.170 e. The highest BCUT2D eigenvalue weighted by Crippen LogP contribution is 2.37. The van der Waals surface area contributed by atoms with Gasteiger partial charge in [0, 0.05) is 13.2 Å². The quantitative estimate of drug-likeness (QED) is 0.852. The van der Waals surface area contributed by atoms with Gasteiger partial charge in [-0.15, -0.1) is 0 Å². The Labute approximate surface area is 117 Å². The van der Waals surface area contributed by atoms with Gasteiger partial charge in [0.1, 0.15) is 17.6 Å². The van der Waals surface area contributed by atoms with Gasteiger partial charge in [0.2, 0.25) is 0 Å². The summed E-state index contributed by atoms with van der Waals surface area (Å²) in [6.07, 6.45) is 1.79. The number of rotatable bonds is 2. The molecule has 0 saturated carbocycles. The Hall–Kier alpha value is -1.88. The summed E-state index contributed by atoms with van der Waals surface area (Å²) in [6, 6.07) is 9.92. The van der Waals surface area contributed by atoms with Crippen molar-refractivity contribution in [3.63, 3.8) is 0 Å². The lowest BCUT2D eigenvalue weighted by atomic mass is 10.0. The fraction of sp³-hybridized carbons (Fsp3) is 0.286. The van der Waals surface area contributed by atoms with Crippen LogP contribution in [0.2, 0.25) is 0 Å². The van der Waals surface area contributed by atoms with Crippen LogP contribution in [-0.2, 0) is 0 Å². The second kappa shape index (κ2) is 4.66. The molecule has 0 aliphatic carbocycles. The summed E-state index contributed by atoms with van der Waals surface area (Å²) in [6.45, 7) is 1.94. The third-order valence-electron chi connectivity index (χ3n) is 3.39. The van der Waals surface area contributed by atoms with Crippen LogP contribution in [0.5, 0.6) is 0 Å². The Morgan fingerprint density at radius 3 is 2.79 bits per heavy atom. The highest BCUT2D eigenvalue weighted by molar-refractivity contribution is 7.80. The predicted molar refractivity (Wildman–Crippen MR) is 76.7 cm³/mol. The minimum absolute atomic E-state index is 0.0178. The molecule has 0 aromatic carbocycles. The standard InChI is InChI=1S/C14H15N3OS/c1-9-6-7-11(18-9)13-12(16-14(19)17(13)2)10-5-3-4-8-15-10/h3-8,12-13H,1-2H3,(H,16,19)/t12-,13-/m0/s1. The van der Waals surface area contributed by atoms with Crippen molar-refractivity contribution < 1.29 is 4.42 Å². The van der Waals surface area contributed by atoms with E-state index in [1.54, 1.807) is 6.20 Å². The number of hydrogen-bond acceptors (Lipinski definition) is 3. The Kier molecular flexibility index (Phi) is 2.98. The Morgan fingerprint density at radius 2 is 2.16 bits per heavy atom. The molecule has 2 aromatic heterocycles. The van der Waals surface area contributed by atoms with Gasteiger partial charge in [-0.3, -0.25) is 4.98 Å². The third-order valence-corrected chi connectivity index (χ3v) is 3.80. The van der Waals surface area contributed by atoms with E-state index in [9.17, 15) is 0 Å². The van der Waals surface area contributed by atoms with Crippen molar-refractivity contribution in [3.05, 3.63) is 53.7 Å². The normalized spacial score (nSPS) is 22.6. The summed E-state index contributed by atoms with van der Waals surface area (Å²) in [5.41, 5.74) is 0.966. The Morgan fingerprint density at radius 1 is 1.32 bits per heavy atom. The first-order valence-electron chi connectivity index (χ1n) is 6.17. The van der Waals surface area contributed by atoms with Crippen molar-refractivity contribution in [2.75, 3.05) is 7.05 Å². The van der Waals surface area contributed by atoms with Crippen LogP contribution in [0.3, 0.4) is 0 Å². The van der Waals surface area contributed by atoms with Gasteiger partial charge in [-0.25, -0.2) is 0 Å². The molecule has 0 amide bonds. The molecular formula is C14H15N3OS. The van der Waals surface area contributed by atoms with E-state index in [0.29, 0.717) is 0 Å². The topological polar surface area (TPSA) is 41.3 Å². The molecule has 0 spiro atoms. The average Bonchev–Trinajstić information content (AvgIpc) is 2.96. The summed E-state index contributed by atoms with van der Waals surface area (Å²) in [7, 11) is 1.97. The lowest BCUT2D eigenvalue weighted by molar-refractivity contribution is 0.303. The summed E-state index contributed by atoms with van der Waals surface area (Å²) in [4.78, 5) is 6.44. The molecule has 1 fully saturated rings. The predicted octanol–water partition coefficient (Wildman–Crippen LogP) is 2.59. The van der Waals surface area contributed by atoms with Crippen LogP contribution in [0.1, 0.15) is 29.3 Å². The largest absolute Gasteiger partial charge is 0.464 e. The molecule has 5 heteroatoms. The molecular weight excluding hydrogens is 258 g/mol. The van der Waals surface area contributed by atoms with E-state index in [4.69, 9.17) is 16.6 Å². The first-order valence-corrected chi connectivity index (χ1v) is 6.58. The number of likely N-dealkylation sites (N-methyl/N-ethyl adjacent to an activating group) is 1. The highest BCUT2D eigenvalue weighted by atomic mass is 32.1. The number of nitrogens with zero attached hydrogens (tertiary/aromatic N) is 2. The van der Waals surface area contributed by atoms with Crippen LogP contribution in [0.4, 0.5) is 0 Å². The lowest BCUT2D eigenvalue weighted by Gasteiger charge is -2.21. The number of nitrogens with one attached hydrogen (secondary N) is 1. The first-order chi connectivity index (χ1) is 9.16. The monoisotopic (exact) mass is 273 g/mol. The van der Waals surface area contributed by atoms with E-state index < -0.39 is 0 Å². The lowest BCUT2D eigenvalue weighted by Crippen LogP contribution is -2.24. The van der Waals surface area contributed by atoms with Crippen LogP contribution in [0.15, 0.2) is 40.9 Å². The van der Waals surface area contributed by atoms with Crippen molar-refractivity contribution in [1.29, 1.82) is 0 Å². The number of aromatic nitrogens is 1. The molecule has 98 valence electrons. The molecule has 3 rings (SSSR count). The third kappa shape index (κ3) is 2.10. The van der Waals surface area contributed by atoms with Crippen LogP contribution in [-0.4, -0.2) is 22.0 Å². The van der Waals surface area contributed by atoms with Gasteiger partial charge >= 0.3 is 0 Å². The minimum Gasteiger partial charge on any atom is -0.464 e. The molecule has 0 radical (unpaired) electrons. The summed E-state index contributed by atoms with van der Waals surface area (Å²) in [5.74, 6) is 1.81. The van der Waals surface area contributed by atoms with E-state index in [0.717, 1.165) is 22.3 Å². The van der Waals surface area contributed by atoms with Crippen molar-refractivity contribution >= 4 is 17.3 Å². The van der Waals surface area contributed by atoms with Crippen molar-refractivity contribution in [2.24, 2.45) is 0 Å². The maximum atomic E-state index is 5.77. The first kappa shape index (κ1) is 12.2. The van der Waals surface area contributed by atoms with Gasteiger partial charge in [0.15, 0.2) is 5.11 Å². The van der Waals surface area contributed by atoms with Gasteiger partial charge in [-0.05, 0) is 43.4 Å². The Bertz CT molecular complexity index is 596. The Balaban J connectivity index is 2.01. The molecule has 1 saturated heterocycles. The fourth-order valence-electron chi connectivity index (χ4n) is 2.43. The summed E-state index contributed by atoms with van der Waals surface area (Å²) in [5, 5.41) is 4.03. The highest BCUT2D eigenvalue weighted by Gasteiger charge is 2.39. The minimum atomic E-state index is 0.0178. The molecule has 3 heterocycles. The molecule has 0 unspecified atom stereocenters. The fourth-order valence-corrected chi connectivity index (χ4v) is 2.67. The van der Waals surface area contributed by atoms with E-state index in [1.165, 1.54) is 0 Å². The number of hydrogen-bond donors (Lipinski definition) is 1. The van der Waals surface area contributed by atoms with Gasteiger partial charge in [0.05, 0.1) is 11.7 Å². The van der Waals surface area contributed by atoms with Crippen molar-refractivity contribution in [3.8, 4) is 0 Å². The van der Waals surface area contributed by atoms with Crippen molar-refractivity contribution in [1.82, 2.24) is 15.2 Å². The molecule has 4 nitrogen and oxygen atoms in total. The molecule has 2 atom stereocenters. The van der Waals surface area contributed by atoms with E-state index >= 15 is 0 Å². The molecule has 1 aliphatic rings. The molecule has 1 aliphatic heterocycles. The van der Waals surface area contributed by atoms with Crippen LogP contribution in [0, 0.1) is 6.92 Å². The van der Waals surface area contributed by atoms with Crippen molar-refractivity contribution in [2.45, 2.75) is 19.0 Å². The molecule has 19 heavy (non-hydrogen) atoms. The van der Waals surface area contributed by atoms with Gasteiger partial charge in [0.25, 0.3) is 0 Å².